The first-order chi connectivity index (χ1) is 17.8. The van der Waals surface area contributed by atoms with E-state index in [9.17, 15) is 20.2 Å². The summed E-state index contributed by atoms with van der Waals surface area (Å²) in [7, 11) is 1.35. The molecular weight excluding hydrogens is 521 g/mol. The number of halogens is 2. The number of hydrogen-bond acceptors (Lipinski definition) is 7. The van der Waals surface area contributed by atoms with E-state index in [1.807, 2.05) is 24.3 Å². The van der Waals surface area contributed by atoms with E-state index in [2.05, 4.69) is 5.32 Å². The van der Waals surface area contributed by atoms with Gasteiger partial charge in [0.05, 0.1) is 29.4 Å². The number of nitrogens with one attached hydrogen (secondary N) is 1. The van der Waals surface area contributed by atoms with Crippen LogP contribution < -0.4 is 19.5 Å². The topological polar surface area (TPSA) is 124 Å². The van der Waals surface area contributed by atoms with Gasteiger partial charge in [-0.25, -0.2) is 0 Å². The molecule has 0 aliphatic carbocycles. The number of nitro groups is 1. The zero-order chi connectivity index (χ0) is 26.9. The fourth-order valence-corrected chi connectivity index (χ4v) is 3.72. The zero-order valence-corrected chi connectivity index (χ0v) is 21.3. The number of benzene rings is 3. The number of carbonyl (C=O) groups excluding carboxylic acids is 1. The third kappa shape index (κ3) is 6.91. The molecule has 0 fully saturated rings. The number of rotatable bonds is 10. The molecule has 0 unspecified atom stereocenters. The molecule has 0 heterocycles. The molecule has 0 bridgehead atoms. The number of hydrogen-bond donors (Lipinski definition) is 1. The van der Waals surface area contributed by atoms with Gasteiger partial charge >= 0.3 is 0 Å². The second-order valence-corrected chi connectivity index (χ2v) is 8.22. The van der Waals surface area contributed by atoms with E-state index in [4.69, 9.17) is 37.4 Å². The van der Waals surface area contributed by atoms with Crippen molar-refractivity contribution in [1.82, 2.24) is 0 Å². The van der Waals surface area contributed by atoms with Crippen molar-refractivity contribution in [3.8, 4) is 23.3 Å². The van der Waals surface area contributed by atoms with Crippen LogP contribution in [0.1, 0.15) is 18.1 Å². The van der Waals surface area contributed by atoms with E-state index < -0.39 is 10.8 Å². The molecule has 190 valence electrons. The maximum atomic E-state index is 12.8. The normalized spacial score (nSPS) is 10.8. The molecule has 0 saturated carbocycles. The standard InChI is InChI=1S/C26H21Cl2N3O6/c1-3-36-24-12-16(11-21(28)25(24)37-15-17-6-4-5-7-20(17)27)10-18(14-29)26(32)30-22-13-19(31(33)34)8-9-23(22)35-2/h4-13H,3,15H2,1-2H3,(H,30,32)/b18-10+. The van der Waals surface area contributed by atoms with Gasteiger partial charge in [-0.1, -0.05) is 41.4 Å². The molecule has 3 aromatic rings. The van der Waals surface area contributed by atoms with E-state index >= 15 is 0 Å². The summed E-state index contributed by atoms with van der Waals surface area (Å²) in [4.78, 5) is 23.3. The number of nitriles is 1. The molecule has 0 atom stereocenters. The summed E-state index contributed by atoms with van der Waals surface area (Å²) in [5, 5.41) is 23.9. The maximum absolute atomic E-state index is 12.8. The minimum Gasteiger partial charge on any atom is -0.495 e. The molecule has 37 heavy (non-hydrogen) atoms. The van der Waals surface area contributed by atoms with E-state index in [0.29, 0.717) is 22.9 Å². The van der Waals surface area contributed by atoms with Gasteiger partial charge in [0.15, 0.2) is 11.5 Å². The Morgan fingerprint density at radius 3 is 2.51 bits per heavy atom. The number of nitrogens with zero attached hydrogens (tertiary/aromatic N) is 2. The monoisotopic (exact) mass is 541 g/mol. The molecule has 0 spiro atoms. The van der Waals surface area contributed by atoms with Gasteiger partial charge in [0.2, 0.25) is 0 Å². The summed E-state index contributed by atoms with van der Waals surface area (Å²) in [6.45, 7) is 2.24. The average molecular weight is 542 g/mol. The van der Waals surface area contributed by atoms with Crippen LogP contribution in [0.3, 0.4) is 0 Å². The summed E-state index contributed by atoms with van der Waals surface area (Å²) < 4.78 is 16.7. The molecule has 0 aromatic heterocycles. The molecule has 1 N–H and O–H groups in total. The zero-order valence-electron chi connectivity index (χ0n) is 19.8. The molecule has 9 nitrogen and oxygen atoms in total. The van der Waals surface area contributed by atoms with E-state index in [1.165, 1.54) is 31.4 Å². The SMILES string of the molecule is CCOc1cc(/C=C(\C#N)C(=O)Nc2cc([N+](=O)[O-])ccc2OC)cc(Cl)c1OCc1ccccc1Cl. The Hall–Kier alpha value is -4.26. The van der Waals surface area contributed by atoms with Crippen LogP contribution in [0.5, 0.6) is 17.2 Å². The second kappa shape index (κ2) is 12.6. The molecule has 3 aromatic carbocycles. The Kier molecular flexibility index (Phi) is 9.33. The first-order valence-electron chi connectivity index (χ1n) is 10.9. The summed E-state index contributed by atoms with van der Waals surface area (Å²) in [6.07, 6.45) is 1.31. The van der Waals surface area contributed by atoms with Crippen LogP contribution in [-0.2, 0) is 11.4 Å². The van der Waals surface area contributed by atoms with Crippen LogP contribution in [0.4, 0.5) is 11.4 Å². The van der Waals surface area contributed by atoms with Gasteiger partial charge in [0.25, 0.3) is 11.6 Å². The Bertz CT molecular complexity index is 1400. The van der Waals surface area contributed by atoms with Gasteiger partial charge in [-0.2, -0.15) is 5.26 Å². The summed E-state index contributed by atoms with van der Waals surface area (Å²) >= 11 is 12.7. The predicted octanol–water partition coefficient (Wildman–Crippen LogP) is 6.43. The number of non-ortho nitro benzene ring substituents is 1. The number of ether oxygens (including phenoxy) is 3. The molecule has 0 saturated heterocycles. The van der Waals surface area contributed by atoms with Crippen molar-refractivity contribution in [3.63, 3.8) is 0 Å². The van der Waals surface area contributed by atoms with Crippen molar-refractivity contribution in [2.75, 3.05) is 19.0 Å². The van der Waals surface area contributed by atoms with Crippen molar-refractivity contribution in [2.24, 2.45) is 0 Å². The van der Waals surface area contributed by atoms with Crippen molar-refractivity contribution in [2.45, 2.75) is 13.5 Å². The van der Waals surface area contributed by atoms with E-state index in [1.54, 1.807) is 19.1 Å². The smallest absolute Gasteiger partial charge is 0.271 e. The first-order valence-corrected chi connectivity index (χ1v) is 11.6. The third-order valence-corrected chi connectivity index (χ3v) is 5.63. The number of anilines is 1. The number of carbonyl (C=O) groups is 1. The van der Waals surface area contributed by atoms with Crippen LogP contribution >= 0.6 is 23.2 Å². The van der Waals surface area contributed by atoms with Crippen LogP contribution in [0, 0.1) is 21.4 Å². The highest BCUT2D eigenvalue weighted by Crippen LogP contribution is 2.38. The fourth-order valence-electron chi connectivity index (χ4n) is 3.25. The minimum absolute atomic E-state index is 0.0409. The van der Waals surface area contributed by atoms with E-state index in [-0.39, 0.29) is 40.1 Å². The van der Waals surface area contributed by atoms with Gasteiger partial charge in [-0.3, -0.25) is 14.9 Å². The average Bonchev–Trinajstić information content (AvgIpc) is 2.87. The van der Waals surface area contributed by atoms with Crippen LogP contribution in [0.2, 0.25) is 10.0 Å². The number of methoxy groups -OCH3 is 1. The Balaban J connectivity index is 1.89. The lowest BCUT2D eigenvalue weighted by Crippen LogP contribution is -2.14. The van der Waals surface area contributed by atoms with Crippen LogP contribution in [0.15, 0.2) is 60.2 Å². The Labute approximate surface area is 222 Å². The van der Waals surface area contributed by atoms with Gasteiger partial charge in [-0.05, 0) is 42.8 Å². The fraction of sp³-hybridized carbons (Fsp3) is 0.154. The predicted molar refractivity (Wildman–Crippen MR) is 140 cm³/mol. The molecule has 1 amide bonds. The largest absolute Gasteiger partial charge is 0.495 e. The van der Waals surface area contributed by atoms with Crippen LogP contribution in [-0.4, -0.2) is 24.5 Å². The molecule has 0 aliphatic rings. The highest BCUT2D eigenvalue weighted by atomic mass is 35.5. The molecule has 0 radical (unpaired) electrons. The van der Waals surface area contributed by atoms with Crippen molar-refractivity contribution >= 4 is 46.6 Å². The number of amides is 1. The third-order valence-electron chi connectivity index (χ3n) is 4.98. The molecule has 0 aliphatic heterocycles. The number of nitro benzene ring substituents is 1. The second-order valence-electron chi connectivity index (χ2n) is 7.41. The van der Waals surface area contributed by atoms with Crippen molar-refractivity contribution in [3.05, 3.63) is 91.5 Å². The Morgan fingerprint density at radius 1 is 1.11 bits per heavy atom. The summed E-state index contributed by atoms with van der Waals surface area (Å²) in [5.41, 5.74) is 0.665. The van der Waals surface area contributed by atoms with Gasteiger partial charge in [-0.15, -0.1) is 0 Å². The maximum Gasteiger partial charge on any atom is 0.271 e. The summed E-state index contributed by atoms with van der Waals surface area (Å²) in [5.74, 6) is -0.0106. The first kappa shape index (κ1) is 27.3. The highest BCUT2D eigenvalue weighted by Gasteiger charge is 2.18. The summed E-state index contributed by atoms with van der Waals surface area (Å²) in [6, 6.07) is 15.9. The van der Waals surface area contributed by atoms with Gasteiger partial charge in [0, 0.05) is 22.7 Å². The van der Waals surface area contributed by atoms with Gasteiger partial charge < -0.3 is 19.5 Å². The van der Waals surface area contributed by atoms with Gasteiger partial charge in [0.1, 0.15) is 24.0 Å². The molecule has 11 heteroatoms. The minimum atomic E-state index is -0.797. The van der Waals surface area contributed by atoms with Crippen molar-refractivity contribution in [1.29, 1.82) is 5.26 Å². The lowest BCUT2D eigenvalue weighted by molar-refractivity contribution is -0.384. The van der Waals surface area contributed by atoms with Crippen LogP contribution in [0.25, 0.3) is 6.08 Å². The quantitative estimate of drug-likeness (QED) is 0.135. The molecular formula is C26H21Cl2N3O6. The lowest BCUT2D eigenvalue weighted by atomic mass is 10.1. The van der Waals surface area contributed by atoms with E-state index in [0.717, 1.165) is 11.6 Å². The Morgan fingerprint density at radius 2 is 1.86 bits per heavy atom. The highest BCUT2D eigenvalue weighted by molar-refractivity contribution is 6.32. The lowest BCUT2D eigenvalue weighted by Gasteiger charge is -2.15. The van der Waals surface area contributed by atoms with Crippen molar-refractivity contribution < 1.29 is 23.9 Å². The molecule has 3 rings (SSSR count).